The summed E-state index contributed by atoms with van der Waals surface area (Å²) in [5, 5.41) is -0.251. The molecule has 0 aliphatic rings. The fraction of sp³-hybridized carbons (Fsp3) is 0.333. The predicted molar refractivity (Wildman–Crippen MR) is 86.8 cm³/mol. The van der Waals surface area contributed by atoms with Gasteiger partial charge in [-0.15, -0.1) is 5.54 Å². The summed E-state index contributed by atoms with van der Waals surface area (Å²) in [6, 6.07) is 0.910. The van der Waals surface area contributed by atoms with Crippen LogP contribution in [0.15, 0.2) is 12.3 Å². The Bertz CT molecular complexity index is 873. The first-order valence-electron chi connectivity index (χ1n) is 6.84. The minimum Gasteiger partial charge on any atom is -0.464 e. The SMILES string of the molecule is COC(=O)c1nc2c(C(F)(F)F)cc(C#C[Si](C)(C)C)cn2c1Cl. The Balaban J connectivity index is 2.79. The summed E-state index contributed by atoms with van der Waals surface area (Å²) >= 11 is 6.01. The van der Waals surface area contributed by atoms with Gasteiger partial charge >= 0.3 is 12.1 Å². The van der Waals surface area contributed by atoms with Gasteiger partial charge in [0.1, 0.15) is 18.8 Å². The third kappa shape index (κ3) is 3.74. The summed E-state index contributed by atoms with van der Waals surface area (Å²) in [6.07, 6.45) is -3.33. The molecule has 2 aromatic rings. The molecule has 0 amide bonds. The molecule has 0 aromatic carbocycles. The van der Waals surface area contributed by atoms with Crippen LogP contribution in [0.25, 0.3) is 5.65 Å². The van der Waals surface area contributed by atoms with Crippen LogP contribution in [0.3, 0.4) is 0 Å². The molecule has 0 fully saturated rings. The first-order chi connectivity index (χ1) is 10.9. The van der Waals surface area contributed by atoms with Gasteiger partial charge in [-0.3, -0.25) is 4.40 Å². The molecule has 0 radical (unpaired) electrons. The second-order valence-corrected chi connectivity index (χ2v) is 11.2. The van der Waals surface area contributed by atoms with E-state index in [1.807, 2.05) is 19.6 Å². The van der Waals surface area contributed by atoms with Crippen molar-refractivity contribution in [3.05, 3.63) is 34.2 Å². The molecule has 2 heterocycles. The van der Waals surface area contributed by atoms with Crippen molar-refractivity contribution < 1.29 is 22.7 Å². The number of imidazole rings is 1. The molecule has 0 unspecified atom stereocenters. The summed E-state index contributed by atoms with van der Waals surface area (Å²) in [4.78, 5) is 15.3. The van der Waals surface area contributed by atoms with E-state index in [9.17, 15) is 18.0 Å². The molecule has 0 N–H and O–H groups in total. The summed E-state index contributed by atoms with van der Waals surface area (Å²) in [7, 11) is -0.682. The average molecular weight is 375 g/mol. The van der Waals surface area contributed by atoms with E-state index in [1.165, 1.54) is 6.20 Å². The lowest BCUT2D eigenvalue weighted by molar-refractivity contribution is -0.136. The van der Waals surface area contributed by atoms with E-state index in [0.717, 1.165) is 17.6 Å². The Labute approximate surface area is 142 Å². The highest BCUT2D eigenvalue weighted by molar-refractivity contribution is 6.83. The van der Waals surface area contributed by atoms with Gasteiger partial charge in [0.2, 0.25) is 0 Å². The third-order valence-corrected chi connectivity index (χ3v) is 4.16. The van der Waals surface area contributed by atoms with Gasteiger partial charge in [0.25, 0.3) is 0 Å². The van der Waals surface area contributed by atoms with Crippen molar-refractivity contribution in [3.8, 4) is 11.5 Å². The Morgan fingerprint density at radius 3 is 2.50 bits per heavy atom. The van der Waals surface area contributed by atoms with Crippen LogP contribution < -0.4 is 0 Å². The fourth-order valence-electron chi connectivity index (χ4n) is 1.88. The van der Waals surface area contributed by atoms with Crippen LogP contribution in [0.5, 0.6) is 0 Å². The van der Waals surface area contributed by atoms with Gasteiger partial charge in [0.15, 0.2) is 11.3 Å². The molecule has 24 heavy (non-hydrogen) atoms. The number of esters is 1. The Morgan fingerprint density at radius 1 is 1.38 bits per heavy atom. The maximum absolute atomic E-state index is 13.3. The number of fused-ring (bicyclic) bond motifs is 1. The second-order valence-electron chi connectivity index (χ2n) is 6.08. The molecule has 0 aliphatic carbocycles. The van der Waals surface area contributed by atoms with E-state index in [4.69, 9.17) is 11.6 Å². The number of rotatable bonds is 1. The number of carbonyl (C=O) groups excluding carboxylic acids is 1. The highest BCUT2D eigenvalue weighted by atomic mass is 35.5. The van der Waals surface area contributed by atoms with Crippen LogP contribution in [0.2, 0.25) is 24.8 Å². The lowest BCUT2D eigenvalue weighted by atomic mass is 10.2. The fourth-order valence-corrected chi connectivity index (χ4v) is 2.65. The molecular weight excluding hydrogens is 361 g/mol. The van der Waals surface area contributed by atoms with Crippen LogP contribution in [0.4, 0.5) is 13.2 Å². The van der Waals surface area contributed by atoms with Crippen LogP contribution in [0, 0.1) is 11.5 Å². The topological polar surface area (TPSA) is 43.6 Å². The monoisotopic (exact) mass is 374 g/mol. The lowest BCUT2D eigenvalue weighted by Crippen LogP contribution is -2.16. The van der Waals surface area contributed by atoms with E-state index in [2.05, 4.69) is 21.2 Å². The molecule has 0 atom stereocenters. The van der Waals surface area contributed by atoms with Crippen molar-refractivity contribution in [2.75, 3.05) is 7.11 Å². The minimum absolute atomic E-state index is 0.146. The van der Waals surface area contributed by atoms with Crippen molar-refractivity contribution in [3.63, 3.8) is 0 Å². The molecule has 0 saturated carbocycles. The normalized spacial score (nSPS) is 12.0. The van der Waals surface area contributed by atoms with E-state index >= 15 is 0 Å². The van der Waals surface area contributed by atoms with Gasteiger partial charge in [-0.05, 0) is 6.07 Å². The molecule has 2 rings (SSSR count). The van der Waals surface area contributed by atoms with Crippen LogP contribution in [0.1, 0.15) is 21.6 Å². The zero-order valence-corrected chi connectivity index (χ0v) is 15.1. The minimum atomic E-state index is -4.67. The number of halogens is 4. The van der Waals surface area contributed by atoms with Gasteiger partial charge in [0, 0.05) is 11.8 Å². The van der Waals surface area contributed by atoms with Crippen molar-refractivity contribution in [2.24, 2.45) is 0 Å². The summed E-state index contributed by atoms with van der Waals surface area (Å²) < 4.78 is 45.5. The molecule has 0 spiro atoms. The molecule has 2 aromatic heterocycles. The van der Waals surface area contributed by atoms with Crippen molar-refractivity contribution in [1.29, 1.82) is 0 Å². The van der Waals surface area contributed by atoms with E-state index in [1.54, 1.807) is 0 Å². The number of alkyl halides is 3. The maximum atomic E-state index is 13.3. The number of hydrogen-bond donors (Lipinski definition) is 0. The maximum Gasteiger partial charge on any atom is 0.420 e. The van der Waals surface area contributed by atoms with E-state index < -0.39 is 31.4 Å². The Hall–Kier alpha value is -1.98. The quantitative estimate of drug-likeness (QED) is 0.430. The highest BCUT2D eigenvalue weighted by Crippen LogP contribution is 2.34. The Kier molecular flexibility index (Phi) is 4.70. The number of carbonyl (C=O) groups is 1. The molecule has 128 valence electrons. The summed E-state index contributed by atoms with van der Waals surface area (Å²) in [6.45, 7) is 5.92. The van der Waals surface area contributed by atoms with Crippen LogP contribution in [-0.2, 0) is 10.9 Å². The second kappa shape index (κ2) is 6.15. The van der Waals surface area contributed by atoms with Crippen LogP contribution >= 0.6 is 11.6 Å². The number of ether oxygens (including phenoxy) is 1. The zero-order chi connectivity index (χ0) is 18.3. The van der Waals surface area contributed by atoms with Crippen molar-refractivity contribution in [1.82, 2.24) is 9.38 Å². The lowest BCUT2D eigenvalue weighted by Gasteiger charge is -2.09. The smallest absolute Gasteiger partial charge is 0.420 e. The Morgan fingerprint density at radius 2 is 2.00 bits per heavy atom. The number of methoxy groups -OCH3 is 1. The molecular formula is C15H14ClF3N2O2Si. The third-order valence-electron chi connectivity index (χ3n) is 2.93. The summed E-state index contributed by atoms with van der Waals surface area (Å²) in [5.74, 6) is 1.85. The zero-order valence-electron chi connectivity index (χ0n) is 13.4. The van der Waals surface area contributed by atoms with Crippen LogP contribution in [-0.4, -0.2) is 30.5 Å². The van der Waals surface area contributed by atoms with Gasteiger partial charge in [-0.1, -0.05) is 37.2 Å². The number of hydrogen-bond acceptors (Lipinski definition) is 3. The van der Waals surface area contributed by atoms with Gasteiger partial charge in [0.05, 0.1) is 7.11 Å². The highest BCUT2D eigenvalue weighted by Gasteiger charge is 2.36. The molecule has 4 nitrogen and oxygen atoms in total. The van der Waals surface area contributed by atoms with Crippen molar-refractivity contribution in [2.45, 2.75) is 25.8 Å². The molecule has 9 heteroatoms. The largest absolute Gasteiger partial charge is 0.464 e. The molecule has 0 bridgehead atoms. The van der Waals surface area contributed by atoms with Gasteiger partial charge in [-0.2, -0.15) is 13.2 Å². The number of aromatic nitrogens is 2. The van der Waals surface area contributed by atoms with Gasteiger partial charge < -0.3 is 4.74 Å². The predicted octanol–water partition coefficient (Wildman–Crippen LogP) is 4.02. The molecule has 0 saturated heterocycles. The number of nitrogens with zero attached hydrogens (tertiary/aromatic N) is 2. The first-order valence-corrected chi connectivity index (χ1v) is 10.7. The average Bonchev–Trinajstić information content (AvgIpc) is 2.79. The standard InChI is InChI=1S/C15H14ClF3N2O2Si/c1-23-14(22)11-12(16)21-8-9(5-6-24(2,3)4)7-10(13(21)20-11)15(17,18)19/h7-8H,1-4H3. The number of pyridine rings is 1. The van der Waals surface area contributed by atoms with Crippen molar-refractivity contribution >= 4 is 31.3 Å². The van der Waals surface area contributed by atoms with Gasteiger partial charge in [-0.25, -0.2) is 9.78 Å². The van der Waals surface area contributed by atoms with E-state index in [0.29, 0.717) is 0 Å². The van der Waals surface area contributed by atoms with E-state index in [-0.39, 0.29) is 16.4 Å². The molecule has 0 aliphatic heterocycles. The first kappa shape index (κ1) is 18.4. The summed E-state index contributed by atoms with van der Waals surface area (Å²) in [5.41, 5.74) is 1.29.